The predicted octanol–water partition coefficient (Wildman–Crippen LogP) is 6.39. The van der Waals surface area contributed by atoms with Crippen LogP contribution in [0, 0.1) is 5.82 Å². The summed E-state index contributed by atoms with van der Waals surface area (Å²) in [7, 11) is 0. The van der Waals surface area contributed by atoms with E-state index in [0.717, 1.165) is 54.7 Å². The molecule has 6 heteroatoms. The summed E-state index contributed by atoms with van der Waals surface area (Å²) in [6.45, 7) is 2.13. The lowest BCUT2D eigenvalue weighted by Gasteiger charge is -2.28. The monoisotopic (exact) mass is 459 g/mol. The van der Waals surface area contributed by atoms with Crippen molar-refractivity contribution < 1.29 is 13.9 Å². The van der Waals surface area contributed by atoms with Crippen LogP contribution in [0.1, 0.15) is 50.2 Å². The van der Waals surface area contributed by atoms with E-state index in [2.05, 4.69) is 30.4 Å². The highest BCUT2D eigenvalue weighted by atomic mass is 35.5. The minimum Gasteiger partial charge on any atom is -0.367 e. The second-order valence-corrected chi connectivity index (χ2v) is 9.91. The molecule has 1 saturated carbocycles. The fraction of sp³-hybridized carbons (Fsp3) is 0.400. The van der Waals surface area contributed by atoms with Crippen LogP contribution in [-0.4, -0.2) is 17.8 Å². The van der Waals surface area contributed by atoms with Crippen LogP contribution in [0.4, 0.5) is 4.39 Å². The number of rotatable bonds is 8. The molecule has 0 spiro atoms. The highest BCUT2D eigenvalue weighted by molar-refractivity contribution is 7.99. The Morgan fingerprint density at radius 3 is 2.65 bits per heavy atom. The van der Waals surface area contributed by atoms with Crippen molar-refractivity contribution in [2.45, 2.75) is 62.0 Å². The van der Waals surface area contributed by atoms with Gasteiger partial charge in [-0.25, -0.2) is 4.39 Å². The quantitative estimate of drug-likeness (QED) is 0.464. The maximum Gasteiger partial charge on any atom is 0.228 e. The first kappa shape index (κ1) is 22.4. The van der Waals surface area contributed by atoms with Crippen LogP contribution in [0.25, 0.3) is 0 Å². The van der Waals surface area contributed by atoms with Gasteiger partial charge in [0.05, 0.1) is 23.1 Å². The summed E-state index contributed by atoms with van der Waals surface area (Å²) in [6, 6.07) is 13.1. The van der Waals surface area contributed by atoms with Crippen molar-refractivity contribution >= 4 is 29.3 Å². The SMILES string of the molecule is CCSc1ccc(CC(=O)NC2=CCC(OC3(c4ccc(Cl)c(F)c4)CC3)CC2)cc1. The van der Waals surface area contributed by atoms with Crippen molar-refractivity contribution in [2.24, 2.45) is 0 Å². The molecule has 31 heavy (non-hydrogen) atoms. The molecule has 2 aromatic carbocycles. The number of carbonyl (C=O) groups excluding carboxylic acids is 1. The summed E-state index contributed by atoms with van der Waals surface area (Å²) in [5.74, 6) is 0.647. The van der Waals surface area contributed by atoms with Gasteiger partial charge in [-0.3, -0.25) is 4.79 Å². The number of carbonyl (C=O) groups is 1. The minimum atomic E-state index is -0.402. The average molecular weight is 460 g/mol. The number of halogens is 2. The number of amides is 1. The Morgan fingerprint density at radius 2 is 2.03 bits per heavy atom. The molecule has 2 aliphatic carbocycles. The summed E-state index contributed by atoms with van der Waals surface area (Å²) in [6.07, 6.45) is 6.66. The first-order chi connectivity index (χ1) is 15.0. The normalized spacial score (nSPS) is 19.6. The standard InChI is InChI=1S/C25H27ClFNO2S/c1-2-31-21-10-3-17(4-11-21)15-24(29)28-19-6-8-20(9-7-19)30-25(13-14-25)18-5-12-22(26)23(27)16-18/h3-6,10-12,16,20H,2,7-9,13-15H2,1H3,(H,28,29). The summed E-state index contributed by atoms with van der Waals surface area (Å²) in [4.78, 5) is 13.6. The van der Waals surface area contributed by atoms with E-state index in [-0.39, 0.29) is 22.6 Å². The van der Waals surface area contributed by atoms with Gasteiger partial charge < -0.3 is 10.1 Å². The number of nitrogens with one attached hydrogen (secondary N) is 1. The molecule has 0 heterocycles. The van der Waals surface area contributed by atoms with Gasteiger partial charge in [-0.15, -0.1) is 11.8 Å². The number of hydrogen-bond donors (Lipinski definition) is 1. The molecule has 164 valence electrons. The Labute approximate surface area is 192 Å². The van der Waals surface area contributed by atoms with Gasteiger partial charge in [-0.1, -0.05) is 42.8 Å². The number of allylic oxidation sites excluding steroid dienone is 1. The van der Waals surface area contributed by atoms with E-state index in [1.54, 1.807) is 17.8 Å². The summed E-state index contributed by atoms with van der Waals surface area (Å²) < 4.78 is 20.2. The second kappa shape index (κ2) is 9.76. The average Bonchev–Trinajstić information content (AvgIpc) is 3.54. The molecule has 1 unspecified atom stereocenters. The van der Waals surface area contributed by atoms with Gasteiger partial charge in [0.2, 0.25) is 5.91 Å². The van der Waals surface area contributed by atoms with Gasteiger partial charge in [-0.2, -0.15) is 0 Å². The van der Waals surface area contributed by atoms with Crippen LogP contribution in [0.15, 0.2) is 59.1 Å². The molecule has 2 aliphatic rings. The van der Waals surface area contributed by atoms with Crippen LogP contribution < -0.4 is 5.32 Å². The maximum absolute atomic E-state index is 13.9. The van der Waals surface area contributed by atoms with Crippen molar-refractivity contribution in [1.82, 2.24) is 5.32 Å². The van der Waals surface area contributed by atoms with Crippen molar-refractivity contribution in [1.29, 1.82) is 0 Å². The molecule has 0 saturated heterocycles. The number of thioether (sulfide) groups is 1. The molecule has 0 aliphatic heterocycles. The third-order valence-electron chi connectivity index (χ3n) is 5.80. The first-order valence-electron chi connectivity index (χ1n) is 10.8. The molecule has 1 atom stereocenters. The zero-order valence-corrected chi connectivity index (χ0v) is 19.2. The molecule has 3 nitrogen and oxygen atoms in total. The molecule has 1 amide bonds. The van der Waals surface area contributed by atoms with Gasteiger partial charge in [0.1, 0.15) is 5.82 Å². The molecule has 0 radical (unpaired) electrons. The van der Waals surface area contributed by atoms with Crippen LogP contribution in [0.3, 0.4) is 0 Å². The van der Waals surface area contributed by atoms with Gasteiger partial charge >= 0.3 is 0 Å². The zero-order valence-electron chi connectivity index (χ0n) is 17.6. The lowest BCUT2D eigenvalue weighted by Crippen LogP contribution is -2.29. The van der Waals surface area contributed by atoms with Crippen molar-refractivity contribution in [2.75, 3.05) is 5.75 Å². The van der Waals surface area contributed by atoms with Gasteiger partial charge in [0.25, 0.3) is 0 Å². The van der Waals surface area contributed by atoms with Gasteiger partial charge in [0, 0.05) is 10.6 Å². The van der Waals surface area contributed by atoms with E-state index in [9.17, 15) is 9.18 Å². The van der Waals surface area contributed by atoms with Crippen LogP contribution in [-0.2, 0) is 21.6 Å². The van der Waals surface area contributed by atoms with Crippen LogP contribution in [0.2, 0.25) is 5.02 Å². The summed E-state index contributed by atoms with van der Waals surface area (Å²) >= 11 is 7.61. The number of ether oxygens (including phenoxy) is 1. The molecule has 2 aromatic rings. The zero-order chi connectivity index (χ0) is 21.8. The second-order valence-electron chi connectivity index (χ2n) is 8.17. The summed E-state index contributed by atoms with van der Waals surface area (Å²) in [5, 5.41) is 3.18. The maximum atomic E-state index is 13.9. The van der Waals surface area contributed by atoms with Gasteiger partial charge in [0.15, 0.2) is 0 Å². The molecule has 1 N–H and O–H groups in total. The number of hydrogen-bond acceptors (Lipinski definition) is 3. The highest BCUT2D eigenvalue weighted by Crippen LogP contribution is 2.51. The molecule has 1 fully saturated rings. The minimum absolute atomic E-state index is 0.0109. The van der Waals surface area contributed by atoms with Crippen LogP contribution >= 0.6 is 23.4 Å². The smallest absolute Gasteiger partial charge is 0.228 e. The van der Waals surface area contributed by atoms with E-state index in [1.807, 2.05) is 18.2 Å². The Kier molecular flexibility index (Phi) is 7.05. The molecular weight excluding hydrogens is 433 g/mol. The third kappa shape index (κ3) is 5.71. The third-order valence-corrected chi connectivity index (χ3v) is 7.00. The topological polar surface area (TPSA) is 38.3 Å². The van der Waals surface area contributed by atoms with E-state index in [0.29, 0.717) is 6.42 Å². The fourth-order valence-corrected chi connectivity index (χ4v) is 4.78. The van der Waals surface area contributed by atoms with Crippen molar-refractivity contribution in [3.8, 4) is 0 Å². The summed E-state index contributed by atoms with van der Waals surface area (Å²) in [5.41, 5.74) is 2.46. The predicted molar refractivity (Wildman–Crippen MR) is 124 cm³/mol. The lowest BCUT2D eigenvalue weighted by molar-refractivity contribution is -0.119. The lowest BCUT2D eigenvalue weighted by atomic mass is 10.00. The highest BCUT2D eigenvalue weighted by Gasteiger charge is 2.47. The van der Waals surface area contributed by atoms with E-state index >= 15 is 0 Å². The largest absolute Gasteiger partial charge is 0.367 e. The van der Waals surface area contributed by atoms with E-state index in [4.69, 9.17) is 16.3 Å². The Morgan fingerprint density at radius 1 is 1.26 bits per heavy atom. The van der Waals surface area contributed by atoms with E-state index < -0.39 is 5.82 Å². The molecular formula is C25H27ClFNO2S. The number of benzene rings is 2. The molecule has 4 rings (SSSR count). The van der Waals surface area contributed by atoms with Crippen molar-refractivity contribution in [3.05, 3.63) is 76.2 Å². The molecule has 0 bridgehead atoms. The Bertz CT molecular complexity index is 972. The fourth-order valence-electron chi connectivity index (χ4n) is 4.00. The van der Waals surface area contributed by atoms with Gasteiger partial charge in [-0.05, 0) is 73.2 Å². The Balaban J connectivity index is 1.28. The Hall–Kier alpha value is -1.82. The van der Waals surface area contributed by atoms with Crippen LogP contribution in [0.5, 0.6) is 0 Å². The van der Waals surface area contributed by atoms with E-state index in [1.165, 1.54) is 11.0 Å². The van der Waals surface area contributed by atoms with Crippen molar-refractivity contribution in [3.63, 3.8) is 0 Å². The first-order valence-corrected chi connectivity index (χ1v) is 12.2. The molecule has 0 aromatic heterocycles.